The summed E-state index contributed by atoms with van der Waals surface area (Å²) in [5.41, 5.74) is 7.34. The lowest BCUT2D eigenvalue weighted by molar-refractivity contribution is 0.426. The van der Waals surface area contributed by atoms with E-state index in [4.69, 9.17) is 10.0 Å². The maximum atomic E-state index is 9.15. The maximum Gasteiger partial charge on any atom is 0.488 e. The standard InChI is InChI=1S/C17H16BN3O2S/c1-12-11-24-17(20-12)21-19-10-13-3-2-4-15(9-13)14-5-7-16(8-6-14)18(22)23/h2-11,22-23H,1H3,(H,20,21). The van der Waals surface area contributed by atoms with Crippen molar-refractivity contribution in [3.8, 4) is 11.1 Å². The first-order chi connectivity index (χ1) is 11.6. The van der Waals surface area contributed by atoms with Gasteiger partial charge >= 0.3 is 7.12 Å². The van der Waals surface area contributed by atoms with Crippen LogP contribution < -0.4 is 10.9 Å². The van der Waals surface area contributed by atoms with Crippen LogP contribution in [0.3, 0.4) is 0 Å². The fraction of sp³-hybridized carbons (Fsp3) is 0.0588. The van der Waals surface area contributed by atoms with Crippen molar-refractivity contribution in [2.75, 3.05) is 5.43 Å². The average Bonchev–Trinajstić information content (AvgIpc) is 3.00. The largest absolute Gasteiger partial charge is 0.488 e. The van der Waals surface area contributed by atoms with Crippen LogP contribution in [0.1, 0.15) is 11.3 Å². The average molecular weight is 337 g/mol. The molecule has 1 aromatic heterocycles. The molecule has 5 nitrogen and oxygen atoms in total. The predicted octanol–water partition coefficient (Wildman–Crippen LogP) is 2.24. The minimum Gasteiger partial charge on any atom is -0.423 e. The van der Waals surface area contributed by atoms with Gasteiger partial charge in [-0.25, -0.2) is 4.98 Å². The van der Waals surface area contributed by atoms with E-state index in [0.29, 0.717) is 5.46 Å². The van der Waals surface area contributed by atoms with Crippen LogP contribution in [0, 0.1) is 6.92 Å². The molecule has 0 aliphatic carbocycles. The predicted molar refractivity (Wildman–Crippen MR) is 99.8 cm³/mol. The summed E-state index contributed by atoms with van der Waals surface area (Å²) in [5, 5.41) is 25.2. The normalized spacial score (nSPS) is 11.0. The lowest BCUT2D eigenvalue weighted by Crippen LogP contribution is -2.29. The molecule has 0 amide bonds. The van der Waals surface area contributed by atoms with Crippen molar-refractivity contribution >= 4 is 35.3 Å². The summed E-state index contributed by atoms with van der Waals surface area (Å²) < 4.78 is 0. The van der Waals surface area contributed by atoms with Gasteiger partial charge in [0.25, 0.3) is 0 Å². The number of nitrogens with zero attached hydrogens (tertiary/aromatic N) is 2. The number of hydrogen-bond donors (Lipinski definition) is 3. The fourth-order valence-corrected chi connectivity index (χ4v) is 2.85. The van der Waals surface area contributed by atoms with Crippen LogP contribution in [0.25, 0.3) is 11.1 Å². The highest BCUT2D eigenvalue weighted by molar-refractivity contribution is 7.13. The van der Waals surface area contributed by atoms with E-state index >= 15 is 0 Å². The second kappa shape index (κ2) is 7.40. The van der Waals surface area contributed by atoms with E-state index in [0.717, 1.165) is 27.5 Å². The Kier molecular flexibility index (Phi) is 5.05. The zero-order valence-electron chi connectivity index (χ0n) is 13.0. The van der Waals surface area contributed by atoms with Crippen LogP contribution in [0.4, 0.5) is 5.13 Å². The van der Waals surface area contributed by atoms with Crippen LogP contribution in [0.15, 0.2) is 59.0 Å². The van der Waals surface area contributed by atoms with Gasteiger partial charge in [0.05, 0.1) is 11.9 Å². The Morgan fingerprint density at radius 3 is 2.58 bits per heavy atom. The molecule has 0 unspecified atom stereocenters. The number of thiazole rings is 1. The first-order valence-corrected chi connectivity index (χ1v) is 8.27. The van der Waals surface area contributed by atoms with Crippen LogP contribution in [-0.4, -0.2) is 28.4 Å². The van der Waals surface area contributed by atoms with Crippen LogP contribution in [0.2, 0.25) is 0 Å². The molecule has 3 rings (SSSR count). The first kappa shape index (κ1) is 16.4. The zero-order chi connectivity index (χ0) is 16.9. The van der Waals surface area contributed by atoms with Crippen molar-refractivity contribution in [1.29, 1.82) is 0 Å². The Hall–Kier alpha value is -2.48. The molecule has 0 bridgehead atoms. The molecule has 0 saturated carbocycles. The van der Waals surface area contributed by atoms with Gasteiger partial charge in [0, 0.05) is 5.38 Å². The van der Waals surface area contributed by atoms with Gasteiger partial charge in [0.2, 0.25) is 5.13 Å². The quantitative estimate of drug-likeness (QED) is 0.379. The van der Waals surface area contributed by atoms with E-state index in [1.807, 2.05) is 48.7 Å². The van der Waals surface area contributed by atoms with Crippen molar-refractivity contribution in [1.82, 2.24) is 4.98 Å². The molecule has 0 aliphatic rings. The van der Waals surface area contributed by atoms with Gasteiger partial charge in [0.1, 0.15) is 0 Å². The summed E-state index contributed by atoms with van der Waals surface area (Å²) in [4.78, 5) is 4.28. The molecule has 2 aromatic carbocycles. The molecule has 7 heteroatoms. The monoisotopic (exact) mass is 337 g/mol. The molecule has 0 radical (unpaired) electrons. The maximum absolute atomic E-state index is 9.15. The third-order valence-electron chi connectivity index (χ3n) is 3.42. The van der Waals surface area contributed by atoms with E-state index in [-0.39, 0.29) is 0 Å². The molecule has 3 N–H and O–H groups in total. The second-order valence-corrected chi connectivity index (χ2v) is 6.14. The molecular weight excluding hydrogens is 321 g/mol. The topological polar surface area (TPSA) is 77.7 Å². The van der Waals surface area contributed by atoms with E-state index in [1.54, 1.807) is 18.3 Å². The van der Waals surface area contributed by atoms with E-state index in [2.05, 4.69) is 15.5 Å². The summed E-state index contributed by atoms with van der Waals surface area (Å²) in [5.74, 6) is 0. The summed E-state index contributed by atoms with van der Waals surface area (Å²) in [6.07, 6.45) is 1.74. The Morgan fingerprint density at radius 1 is 1.12 bits per heavy atom. The summed E-state index contributed by atoms with van der Waals surface area (Å²) in [6.45, 7) is 1.94. The Morgan fingerprint density at radius 2 is 1.92 bits per heavy atom. The highest BCUT2D eigenvalue weighted by Gasteiger charge is 2.10. The number of aromatic nitrogens is 1. The first-order valence-electron chi connectivity index (χ1n) is 7.39. The molecule has 3 aromatic rings. The molecule has 0 fully saturated rings. The molecule has 1 heterocycles. The van der Waals surface area contributed by atoms with Crippen LogP contribution in [-0.2, 0) is 0 Å². The molecule has 0 spiro atoms. The smallest absolute Gasteiger partial charge is 0.423 e. The van der Waals surface area contributed by atoms with Crippen LogP contribution >= 0.6 is 11.3 Å². The number of benzene rings is 2. The molecule has 0 atom stereocenters. The Bertz CT molecular complexity index is 847. The molecule has 120 valence electrons. The number of hydrazone groups is 1. The van der Waals surface area contributed by atoms with Crippen LogP contribution in [0.5, 0.6) is 0 Å². The lowest BCUT2D eigenvalue weighted by Gasteiger charge is -2.05. The zero-order valence-corrected chi connectivity index (χ0v) is 13.9. The number of hydrogen-bond acceptors (Lipinski definition) is 6. The van der Waals surface area contributed by atoms with Gasteiger partial charge in [-0.3, -0.25) is 5.43 Å². The van der Waals surface area contributed by atoms with Gasteiger partial charge in [0.15, 0.2) is 0 Å². The van der Waals surface area contributed by atoms with Crippen molar-refractivity contribution in [3.05, 3.63) is 65.2 Å². The highest BCUT2D eigenvalue weighted by atomic mass is 32.1. The van der Waals surface area contributed by atoms with Crippen molar-refractivity contribution in [2.24, 2.45) is 5.10 Å². The van der Waals surface area contributed by atoms with Gasteiger partial charge < -0.3 is 10.0 Å². The molecule has 0 aliphatic heterocycles. The third kappa shape index (κ3) is 4.08. The Labute approximate surface area is 144 Å². The van der Waals surface area contributed by atoms with E-state index in [1.165, 1.54) is 11.3 Å². The summed E-state index contributed by atoms with van der Waals surface area (Å²) >= 11 is 1.51. The lowest BCUT2D eigenvalue weighted by atomic mass is 9.80. The van der Waals surface area contributed by atoms with Crippen molar-refractivity contribution < 1.29 is 10.0 Å². The number of aryl methyl sites for hydroxylation is 1. The molecule has 24 heavy (non-hydrogen) atoms. The van der Waals surface area contributed by atoms with Crippen molar-refractivity contribution in [2.45, 2.75) is 6.92 Å². The fourth-order valence-electron chi connectivity index (χ4n) is 2.21. The summed E-state index contributed by atoms with van der Waals surface area (Å²) in [6, 6.07) is 15.1. The third-order valence-corrected chi connectivity index (χ3v) is 4.29. The Balaban J connectivity index is 1.73. The summed E-state index contributed by atoms with van der Waals surface area (Å²) in [7, 11) is -1.45. The van der Waals surface area contributed by atoms with Gasteiger partial charge in [-0.2, -0.15) is 5.10 Å². The highest BCUT2D eigenvalue weighted by Crippen LogP contribution is 2.19. The van der Waals surface area contributed by atoms with Gasteiger partial charge in [-0.1, -0.05) is 42.5 Å². The number of nitrogens with one attached hydrogen (secondary N) is 1. The van der Waals surface area contributed by atoms with Crippen molar-refractivity contribution in [3.63, 3.8) is 0 Å². The van der Waals surface area contributed by atoms with E-state index < -0.39 is 7.12 Å². The van der Waals surface area contributed by atoms with Gasteiger partial charge in [-0.15, -0.1) is 11.3 Å². The number of anilines is 1. The minimum absolute atomic E-state index is 0.472. The van der Waals surface area contributed by atoms with Gasteiger partial charge in [-0.05, 0) is 35.1 Å². The molecular formula is C17H16BN3O2S. The van der Waals surface area contributed by atoms with E-state index in [9.17, 15) is 0 Å². The second-order valence-electron chi connectivity index (χ2n) is 5.29. The molecule has 0 saturated heterocycles. The number of rotatable bonds is 5. The SMILES string of the molecule is Cc1csc(NN=Cc2cccc(-c3ccc(B(O)O)cc3)c2)n1. The minimum atomic E-state index is -1.45.